The summed E-state index contributed by atoms with van der Waals surface area (Å²) in [6.45, 7) is 1.98. The molecule has 5 nitrogen and oxygen atoms in total. The van der Waals surface area contributed by atoms with E-state index in [0.717, 1.165) is 13.0 Å². The molecular weight excluding hydrogens is 194 g/mol. The van der Waals surface area contributed by atoms with E-state index >= 15 is 0 Å². The molecule has 82 valence electrons. The Kier molecular flexibility index (Phi) is 1.80. The Morgan fingerprint density at radius 1 is 1.60 bits per heavy atom. The Labute approximate surface area is 88.3 Å². The molecule has 2 fully saturated rings. The second kappa shape index (κ2) is 2.95. The summed E-state index contributed by atoms with van der Waals surface area (Å²) in [5, 5.41) is 0. The topological polar surface area (TPSA) is 67.9 Å². The third-order valence-electron chi connectivity index (χ3n) is 3.58. The van der Waals surface area contributed by atoms with Crippen molar-refractivity contribution in [3.63, 3.8) is 0 Å². The van der Waals surface area contributed by atoms with E-state index in [4.69, 9.17) is 10.5 Å². The number of nitrogens with zero attached hydrogens (tertiary/aromatic N) is 2. The standard InChI is InChI=1S/C10H15N3O2/c11-8-10(3-4-15-6-10)13(9(14)12-8)5-7-1-2-7/h7H,1-6H2,(H2,11,12,14). The summed E-state index contributed by atoms with van der Waals surface area (Å²) < 4.78 is 5.38. The molecule has 1 saturated carbocycles. The molecule has 0 radical (unpaired) electrons. The van der Waals surface area contributed by atoms with Crippen LogP contribution in [0.25, 0.3) is 0 Å². The average molecular weight is 209 g/mol. The monoisotopic (exact) mass is 209 g/mol. The molecule has 1 atom stereocenters. The van der Waals surface area contributed by atoms with Gasteiger partial charge >= 0.3 is 6.03 Å². The molecule has 2 N–H and O–H groups in total. The van der Waals surface area contributed by atoms with Gasteiger partial charge in [0.25, 0.3) is 0 Å². The molecular formula is C10H15N3O2. The number of hydrogen-bond acceptors (Lipinski definition) is 3. The van der Waals surface area contributed by atoms with Gasteiger partial charge in [0.2, 0.25) is 0 Å². The zero-order valence-electron chi connectivity index (χ0n) is 8.61. The SMILES string of the molecule is NC1=NC(=O)N(CC2CC2)C12CCOC2. The quantitative estimate of drug-likeness (QED) is 0.713. The number of urea groups is 1. The summed E-state index contributed by atoms with van der Waals surface area (Å²) in [4.78, 5) is 17.4. The van der Waals surface area contributed by atoms with E-state index < -0.39 is 5.54 Å². The minimum Gasteiger partial charge on any atom is -0.385 e. The van der Waals surface area contributed by atoms with Crippen LogP contribution in [-0.2, 0) is 4.74 Å². The molecule has 3 rings (SSSR count). The van der Waals surface area contributed by atoms with Gasteiger partial charge < -0.3 is 15.4 Å². The molecule has 1 saturated heterocycles. The van der Waals surface area contributed by atoms with Crippen molar-refractivity contribution in [2.24, 2.45) is 16.6 Å². The van der Waals surface area contributed by atoms with E-state index in [1.165, 1.54) is 12.8 Å². The van der Waals surface area contributed by atoms with Crippen LogP contribution >= 0.6 is 0 Å². The summed E-state index contributed by atoms with van der Waals surface area (Å²) in [7, 11) is 0. The molecule has 1 spiro atoms. The number of nitrogens with two attached hydrogens (primary N) is 1. The third-order valence-corrected chi connectivity index (χ3v) is 3.58. The minimum absolute atomic E-state index is 0.176. The summed E-state index contributed by atoms with van der Waals surface area (Å²) in [6.07, 6.45) is 3.24. The van der Waals surface area contributed by atoms with Crippen LogP contribution < -0.4 is 5.73 Å². The van der Waals surface area contributed by atoms with Gasteiger partial charge in [-0.25, -0.2) is 4.79 Å². The largest absolute Gasteiger partial charge is 0.385 e. The first-order valence-corrected chi connectivity index (χ1v) is 5.46. The van der Waals surface area contributed by atoms with Crippen molar-refractivity contribution < 1.29 is 9.53 Å². The molecule has 2 aliphatic heterocycles. The Morgan fingerprint density at radius 3 is 3.00 bits per heavy atom. The van der Waals surface area contributed by atoms with Gasteiger partial charge in [-0.2, -0.15) is 4.99 Å². The summed E-state index contributed by atoms with van der Waals surface area (Å²) >= 11 is 0. The van der Waals surface area contributed by atoms with Crippen LogP contribution in [0.15, 0.2) is 4.99 Å². The van der Waals surface area contributed by atoms with E-state index in [1.54, 1.807) is 0 Å². The molecule has 3 aliphatic rings. The van der Waals surface area contributed by atoms with Gasteiger partial charge in [-0.3, -0.25) is 0 Å². The van der Waals surface area contributed by atoms with Gasteiger partial charge in [0.1, 0.15) is 11.4 Å². The van der Waals surface area contributed by atoms with Crippen molar-refractivity contribution in [3.05, 3.63) is 0 Å². The third kappa shape index (κ3) is 1.26. The van der Waals surface area contributed by atoms with Gasteiger partial charge in [0.05, 0.1) is 6.61 Å². The zero-order chi connectivity index (χ0) is 10.5. The van der Waals surface area contributed by atoms with Crippen LogP contribution in [-0.4, -0.2) is 42.1 Å². The molecule has 1 unspecified atom stereocenters. The van der Waals surface area contributed by atoms with Crippen molar-refractivity contribution in [1.82, 2.24) is 4.90 Å². The maximum atomic E-state index is 11.7. The number of carbonyl (C=O) groups excluding carboxylic acids is 1. The Morgan fingerprint density at radius 2 is 2.40 bits per heavy atom. The first kappa shape index (κ1) is 9.15. The highest BCUT2D eigenvalue weighted by Gasteiger charge is 2.52. The molecule has 2 amide bonds. The summed E-state index contributed by atoms with van der Waals surface area (Å²) in [5.41, 5.74) is 5.46. The minimum atomic E-state index is -0.403. The van der Waals surface area contributed by atoms with Crippen LogP contribution in [0, 0.1) is 5.92 Å². The van der Waals surface area contributed by atoms with Crippen LogP contribution in [0.3, 0.4) is 0 Å². The fraction of sp³-hybridized carbons (Fsp3) is 0.800. The number of hydrogen-bond donors (Lipinski definition) is 1. The van der Waals surface area contributed by atoms with E-state index in [-0.39, 0.29) is 6.03 Å². The lowest BCUT2D eigenvalue weighted by molar-refractivity contribution is 0.133. The Balaban J connectivity index is 1.87. The normalized spacial score (nSPS) is 35.3. The molecule has 5 heteroatoms. The van der Waals surface area contributed by atoms with Crippen molar-refractivity contribution in [2.75, 3.05) is 19.8 Å². The molecule has 0 aromatic carbocycles. The molecule has 15 heavy (non-hydrogen) atoms. The van der Waals surface area contributed by atoms with E-state index in [1.807, 2.05) is 4.90 Å². The number of amides is 2. The highest BCUT2D eigenvalue weighted by molar-refractivity contribution is 6.06. The van der Waals surface area contributed by atoms with Gasteiger partial charge in [-0.1, -0.05) is 0 Å². The number of aliphatic imine (C=N–C) groups is 1. The van der Waals surface area contributed by atoms with E-state index in [9.17, 15) is 4.79 Å². The fourth-order valence-corrected chi connectivity index (χ4v) is 2.37. The predicted octanol–water partition coefficient (Wildman–Crippen LogP) is 0.348. The Bertz CT molecular complexity index is 330. The number of rotatable bonds is 2. The van der Waals surface area contributed by atoms with Gasteiger partial charge in [-0.15, -0.1) is 0 Å². The maximum absolute atomic E-state index is 11.7. The first-order valence-electron chi connectivity index (χ1n) is 5.46. The van der Waals surface area contributed by atoms with Crippen LogP contribution in [0.1, 0.15) is 19.3 Å². The predicted molar refractivity (Wildman–Crippen MR) is 54.6 cm³/mol. The fourth-order valence-electron chi connectivity index (χ4n) is 2.37. The molecule has 0 aromatic rings. The first-order chi connectivity index (χ1) is 7.22. The number of amidine groups is 1. The van der Waals surface area contributed by atoms with Gasteiger partial charge in [-0.05, 0) is 18.8 Å². The molecule has 0 aromatic heterocycles. The summed E-state index contributed by atoms with van der Waals surface area (Å²) in [6, 6.07) is -0.176. The molecule has 0 bridgehead atoms. The van der Waals surface area contributed by atoms with Crippen molar-refractivity contribution in [2.45, 2.75) is 24.8 Å². The average Bonchev–Trinajstić information content (AvgIpc) is 2.84. The van der Waals surface area contributed by atoms with Crippen LogP contribution in [0.2, 0.25) is 0 Å². The van der Waals surface area contributed by atoms with Crippen molar-refractivity contribution in [3.8, 4) is 0 Å². The van der Waals surface area contributed by atoms with Crippen molar-refractivity contribution in [1.29, 1.82) is 0 Å². The zero-order valence-corrected chi connectivity index (χ0v) is 8.61. The lowest BCUT2D eigenvalue weighted by atomic mass is 9.96. The number of carbonyl (C=O) groups is 1. The van der Waals surface area contributed by atoms with Crippen molar-refractivity contribution >= 4 is 11.9 Å². The second-order valence-electron chi connectivity index (χ2n) is 4.67. The highest BCUT2D eigenvalue weighted by atomic mass is 16.5. The lowest BCUT2D eigenvalue weighted by Gasteiger charge is -2.32. The Hall–Kier alpha value is -1.10. The van der Waals surface area contributed by atoms with Crippen LogP contribution in [0.5, 0.6) is 0 Å². The lowest BCUT2D eigenvalue weighted by Crippen LogP contribution is -2.55. The molecule has 2 heterocycles. The van der Waals surface area contributed by atoms with Gasteiger partial charge in [0, 0.05) is 19.6 Å². The number of ether oxygens (including phenoxy) is 1. The molecule has 1 aliphatic carbocycles. The summed E-state index contributed by atoms with van der Waals surface area (Å²) in [5.74, 6) is 1.11. The maximum Gasteiger partial charge on any atom is 0.346 e. The van der Waals surface area contributed by atoms with Gasteiger partial charge in [0.15, 0.2) is 0 Å². The van der Waals surface area contributed by atoms with E-state index in [0.29, 0.717) is 25.0 Å². The van der Waals surface area contributed by atoms with Crippen LogP contribution in [0.4, 0.5) is 4.79 Å². The van der Waals surface area contributed by atoms with E-state index in [2.05, 4.69) is 4.99 Å². The smallest absolute Gasteiger partial charge is 0.346 e. The highest BCUT2D eigenvalue weighted by Crippen LogP contribution is 2.37. The second-order valence-corrected chi connectivity index (χ2v) is 4.67.